The molecule has 0 saturated carbocycles. The summed E-state index contributed by atoms with van der Waals surface area (Å²) >= 11 is 3.36. The Balaban J connectivity index is 2.25. The van der Waals surface area contributed by atoms with Crippen LogP contribution in [0.15, 0.2) is 41.5 Å². The van der Waals surface area contributed by atoms with E-state index in [1.165, 1.54) is 12.1 Å². The second kappa shape index (κ2) is 4.53. The number of nitrogens with zero attached hydrogens (tertiary/aromatic N) is 1. The Morgan fingerprint density at radius 3 is 3.00 bits per heavy atom. The van der Waals surface area contributed by atoms with Crippen molar-refractivity contribution in [3.63, 3.8) is 0 Å². The highest BCUT2D eigenvalue weighted by molar-refractivity contribution is 9.11. The summed E-state index contributed by atoms with van der Waals surface area (Å²) in [6.45, 7) is 0.344. The van der Waals surface area contributed by atoms with Crippen molar-refractivity contribution in [2.75, 3.05) is 0 Å². The van der Waals surface area contributed by atoms with Crippen molar-refractivity contribution < 1.29 is 9.13 Å². The summed E-state index contributed by atoms with van der Waals surface area (Å²) in [6.07, 6.45) is 1.73. The minimum Gasteiger partial charge on any atom is -0.487 e. The van der Waals surface area contributed by atoms with Crippen LogP contribution in [0, 0.1) is 5.82 Å². The van der Waals surface area contributed by atoms with Crippen LogP contribution in [0.5, 0.6) is 5.75 Å². The molecule has 0 unspecified atom stereocenters. The Bertz CT molecular complexity index is 639. The first-order valence-electron chi connectivity index (χ1n) is 5.47. The molecule has 0 radical (unpaired) electrons. The van der Waals surface area contributed by atoms with E-state index < -0.39 is 0 Å². The lowest BCUT2D eigenvalue weighted by Gasteiger charge is -2.08. The predicted molar refractivity (Wildman–Crippen MR) is 71.0 cm³/mol. The van der Waals surface area contributed by atoms with Gasteiger partial charge in [0.2, 0.25) is 0 Å². The summed E-state index contributed by atoms with van der Waals surface area (Å²) in [5.74, 6) is 0.236. The molecule has 3 rings (SSSR count). The third-order valence-electron chi connectivity index (χ3n) is 2.89. The van der Waals surface area contributed by atoms with E-state index in [0.29, 0.717) is 12.4 Å². The number of rotatable bonds is 0. The summed E-state index contributed by atoms with van der Waals surface area (Å²) in [5, 5.41) is 0. The van der Waals surface area contributed by atoms with Crippen molar-refractivity contribution in [3.05, 3.63) is 64.2 Å². The first kappa shape index (κ1) is 11.4. The first-order valence-corrected chi connectivity index (χ1v) is 6.38. The number of benzene rings is 1. The van der Waals surface area contributed by atoms with Crippen LogP contribution in [0.4, 0.5) is 4.39 Å². The van der Waals surface area contributed by atoms with E-state index in [0.717, 1.165) is 22.4 Å². The van der Waals surface area contributed by atoms with Crippen molar-refractivity contribution in [1.29, 1.82) is 0 Å². The number of hydrogen-bond donors (Lipinski definition) is 0. The van der Waals surface area contributed by atoms with Gasteiger partial charge in [-0.3, -0.25) is 4.98 Å². The lowest BCUT2D eigenvalue weighted by molar-refractivity contribution is 0.301. The van der Waals surface area contributed by atoms with Gasteiger partial charge in [0.25, 0.3) is 0 Å². The molecule has 0 N–H and O–H groups in total. The average Bonchev–Trinajstić information content (AvgIpc) is 2.55. The molecule has 0 aliphatic carbocycles. The van der Waals surface area contributed by atoms with Crippen LogP contribution in [0.1, 0.15) is 16.8 Å². The number of ether oxygens (including phenoxy) is 1. The van der Waals surface area contributed by atoms with Crippen LogP contribution in [0.25, 0.3) is 5.57 Å². The molecule has 0 fully saturated rings. The zero-order valence-corrected chi connectivity index (χ0v) is 10.9. The van der Waals surface area contributed by atoms with E-state index in [4.69, 9.17) is 4.74 Å². The van der Waals surface area contributed by atoms with E-state index in [2.05, 4.69) is 20.9 Å². The number of aromatic nitrogens is 1. The van der Waals surface area contributed by atoms with Crippen LogP contribution in [0.2, 0.25) is 0 Å². The maximum absolute atomic E-state index is 13.3. The van der Waals surface area contributed by atoms with Crippen molar-refractivity contribution in [1.82, 2.24) is 4.98 Å². The van der Waals surface area contributed by atoms with Gasteiger partial charge >= 0.3 is 0 Å². The molecule has 2 nitrogen and oxygen atoms in total. The Hall–Kier alpha value is -1.68. The Morgan fingerprint density at radius 2 is 2.17 bits per heavy atom. The topological polar surface area (TPSA) is 22.1 Å². The van der Waals surface area contributed by atoms with Gasteiger partial charge in [-0.15, -0.1) is 0 Å². The largest absolute Gasteiger partial charge is 0.487 e. The summed E-state index contributed by atoms with van der Waals surface area (Å²) in [4.78, 5) is 6.12. The van der Waals surface area contributed by atoms with E-state index in [1.807, 2.05) is 17.1 Å². The van der Waals surface area contributed by atoms with Gasteiger partial charge in [0.05, 0.1) is 5.69 Å². The lowest BCUT2D eigenvalue weighted by atomic mass is 9.98. The molecule has 0 spiro atoms. The van der Waals surface area contributed by atoms with Gasteiger partial charge in [0.1, 0.15) is 18.2 Å². The van der Waals surface area contributed by atoms with E-state index in [9.17, 15) is 4.39 Å². The number of pyridine rings is 1. The first-order chi connectivity index (χ1) is 8.79. The zero-order chi connectivity index (χ0) is 12.5. The molecule has 1 aromatic carbocycles. The van der Waals surface area contributed by atoms with Gasteiger partial charge in [0, 0.05) is 29.0 Å². The minimum atomic E-state index is -0.304. The zero-order valence-electron chi connectivity index (χ0n) is 9.36. The summed E-state index contributed by atoms with van der Waals surface area (Å²) in [5.41, 5.74) is 3.66. The van der Waals surface area contributed by atoms with E-state index in [1.54, 1.807) is 12.3 Å². The molecule has 1 aliphatic rings. The molecule has 2 heterocycles. The highest BCUT2D eigenvalue weighted by Crippen LogP contribution is 2.36. The maximum Gasteiger partial charge on any atom is 0.131 e. The normalized spacial score (nSPS) is 15.6. The van der Waals surface area contributed by atoms with Crippen molar-refractivity contribution in [3.8, 4) is 5.75 Å². The minimum absolute atomic E-state index is 0.304. The van der Waals surface area contributed by atoms with Gasteiger partial charge < -0.3 is 4.74 Å². The molecule has 2 aromatic rings. The van der Waals surface area contributed by atoms with Crippen molar-refractivity contribution >= 4 is 21.5 Å². The molecular formula is C14H9BrFNO. The fourth-order valence-electron chi connectivity index (χ4n) is 2.05. The molecular weight excluding hydrogens is 297 g/mol. The van der Waals surface area contributed by atoms with Crippen molar-refractivity contribution in [2.24, 2.45) is 0 Å². The van der Waals surface area contributed by atoms with Crippen molar-refractivity contribution in [2.45, 2.75) is 6.61 Å². The van der Waals surface area contributed by atoms with Crippen LogP contribution < -0.4 is 4.74 Å². The molecule has 0 amide bonds. The fraction of sp³-hybridized carbons (Fsp3) is 0.0714. The average molecular weight is 306 g/mol. The van der Waals surface area contributed by atoms with Crippen LogP contribution >= 0.6 is 15.9 Å². The standard InChI is InChI=1S/C14H9BrFNO/c15-7-12-10-2-1-5-17-13(10)8-18-14-6-9(16)3-4-11(12)14/h1-7H,8H2/b12-7+. The molecule has 0 saturated heterocycles. The molecule has 90 valence electrons. The van der Waals surface area contributed by atoms with E-state index >= 15 is 0 Å². The number of halogens is 2. The van der Waals surface area contributed by atoms with Gasteiger partial charge in [-0.2, -0.15) is 0 Å². The smallest absolute Gasteiger partial charge is 0.131 e. The van der Waals surface area contributed by atoms with Gasteiger partial charge in [-0.05, 0) is 23.2 Å². The summed E-state index contributed by atoms with van der Waals surface area (Å²) < 4.78 is 18.9. The van der Waals surface area contributed by atoms with Gasteiger partial charge in [0.15, 0.2) is 0 Å². The van der Waals surface area contributed by atoms with E-state index in [-0.39, 0.29) is 5.82 Å². The predicted octanol–water partition coefficient (Wildman–Crippen LogP) is 3.90. The Kier molecular flexibility index (Phi) is 2.88. The maximum atomic E-state index is 13.3. The Labute approximate surface area is 112 Å². The molecule has 1 aromatic heterocycles. The molecule has 1 aliphatic heterocycles. The highest BCUT2D eigenvalue weighted by atomic mass is 79.9. The molecule has 18 heavy (non-hydrogen) atoms. The second-order valence-corrected chi connectivity index (χ2v) is 4.41. The lowest BCUT2D eigenvalue weighted by Crippen LogP contribution is -1.98. The van der Waals surface area contributed by atoms with Crippen LogP contribution in [0.3, 0.4) is 0 Å². The SMILES string of the molecule is Fc1ccc2c(c1)OCc1ncccc1/C2=C\Br. The second-order valence-electron chi connectivity index (χ2n) is 3.95. The summed E-state index contributed by atoms with van der Waals surface area (Å²) in [6, 6.07) is 8.42. The van der Waals surface area contributed by atoms with Gasteiger partial charge in [-0.25, -0.2) is 4.39 Å². The quantitative estimate of drug-likeness (QED) is 0.736. The molecule has 0 bridgehead atoms. The third kappa shape index (κ3) is 1.82. The third-order valence-corrected chi connectivity index (χ3v) is 3.35. The monoisotopic (exact) mass is 305 g/mol. The Morgan fingerprint density at radius 1 is 1.28 bits per heavy atom. The summed E-state index contributed by atoms with van der Waals surface area (Å²) in [7, 11) is 0. The van der Waals surface area contributed by atoms with Gasteiger partial charge in [-0.1, -0.05) is 22.0 Å². The van der Waals surface area contributed by atoms with Crippen LogP contribution in [-0.2, 0) is 6.61 Å². The fourth-order valence-corrected chi connectivity index (χ4v) is 2.54. The highest BCUT2D eigenvalue weighted by Gasteiger charge is 2.19. The van der Waals surface area contributed by atoms with Crippen LogP contribution in [-0.4, -0.2) is 4.98 Å². The number of fused-ring (bicyclic) bond motifs is 2. The molecule has 0 atom stereocenters. The number of hydrogen-bond acceptors (Lipinski definition) is 2. The molecule has 4 heteroatoms.